The molecule has 0 aliphatic rings. The first-order chi connectivity index (χ1) is 6.02. The van der Waals surface area contributed by atoms with Gasteiger partial charge in [-0.3, -0.25) is 9.59 Å². The molecule has 0 saturated heterocycles. The highest BCUT2D eigenvalue weighted by atomic mass is 16.5. The molecule has 0 N–H and O–H groups in total. The lowest BCUT2D eigenvalue weighted by Crippen LogP contribution is -2.39. The van der Waals surface area contributed by atoms with Gasteiger partial charge >= 0.3 is 5.97 Å². The van der Waals surface area contributed by atoms with E-state index in [-0.39, 0.29) is 5.91 Å². The number of hydrogen-bond donors (Lipinski definition) is 0. The van der Waals surface area contributed by atoms with Gasteiger partial charge in [0.1, 0.15) is 0 Å². The minimum Gasteiger partial charge on any atom is -0.453 e. The van der Waals surface area contributed by atoms with Gasteiger partial charge in [0.25, 0.3) is 5.91 Å². The van der Waals surface area contributed by atoms with Gasteiger partial charge in [-0.2, -0.15) is 0 Å². The molecule has 0 bridgehead atoms. The standard InChI is InChI=1S/C9H17NO3/c1-5-10(6-2)9(12)7(3)13-8(4)11/h7H,5-6H2,1-4H3. The molecule has 13 heavy (non-hydrogen) atoms. The Labute approximate surface area is 78.9 Å². The number of ether oxygens (including phenoxy) is 1. The fourth-order valence-electron chi connectivity index (χ4n) is 1.09. The fraction of sp³-hybridized carbons (Fsp3) is 0.778. The van der Waals surface area contributed by atoms with Gasteiger partial charge in [0.15, 0.2) is 6.10 Å². The molecule has 0 heterocycles. The zero-order chi connectivity index (χ0) is 10.4. The molecule has 0 aromatic heterocycles. The van der Waals surface area contributed by atoms with E-state index >= 15 is 0 Å². The van der Waals surface area contributed by atoms with Gasteiger partial charge in [0.05, 0.1) is 0 Å². The maximum absolute atomic E-state index is 11.5. The van der Waals surface area contributed by atoms with Crippen molar-refractivity contribution >= 4 is 11.9 Å². The van der Waals surface area contributed by atoms with Gasteiger partial charge in [-0.25, -0.2) is 0 Å². The maximum Gasteiger partial charge on any atom is 0.303 e. The molecule has 0 radical (unpaired) electrons. The van der Waals surface area contributed by atoms with Crippen LogP contribution < -0.4 is 0 Å². The fourth-order valence-corrected chi connectivity index (χ4v) is 1.09. The van der Waals surface area contributed by atoms with Gasteiger partial charge in [0.2, 0.25) is 0 Å². The van der Waals surface area contributed by atoms with E-state index in [9.17, 15) is 9.59 Å². The molecule has 0 aromatic rings. The van der Waals surface area contributed by atoms with E-state index in [4.69, 9.17) is 4.74 Å². The third kappa shape index (κ3) is 3.92. The highest BCUT2D eigenvalue weighted by Gasteiger charge is 2.19. The minimum absolute atomic E-state index is 0.139. The van der Waals surface area contributed by atoms with E-state index in [1.54, 1.807) is 11.8 Å². The topological polar surface area (TPSA) is 46.6 Å². The van der Waals surface area contributed by atoms with Crippen LogP contribution in [0, 0.1) is 0 Å². The summed E-state index contributed by atoms with van der Waals surface area (Å²) in [4.78, 5) is 23.7. The van der Waals surface area contributed by atoms with Crippen molar-refractivity contribution in [1.29, 1.82) is 0 Å². The normalized spacial score (nSPS) is 12.0. The minimum atomic E-state index is -0.669. The largest absolute Gasteiger partial charge is 0.453 e. The van der Waals surface area contributed by atoms with Crippen LogP contribution in [0.25, 0.3) is 0 Å². The van der Waals surface area contributed by atoms with Crippen LogP contribution in [-0.4, -0.2) is 36.0 Å². The molecule has 0 saturated carbocycles. The lowest BCUT2D eigenvalue weighted by molar-refractivity contribution is -0.157. The molecule has 0 spiro atoms. The number of esters is 1. The van der Waals surface area contributed by atoms with E-state index in [1.807, 2.05) is 13.8 Å². The average molecular weight is 187 g/mol. The summed E-state index contributed by atoms with van der Waals surface area (Å²) in [5, 5.41) is 0. The summed E-state index contributed by atoms with van der Waals surface area (Å²) >= 11 is 0. The Balaban J connectivity index is 4.14. The maximum atomic E-state index is 11.5. The van der Waals surface area contributed by atoms with Gasteiger partial charge in [-0.05, 0) is 20.8 Å². The summed E-state index contributed by atoms with van der Waals surface area (Å²) in [7, 11) is 0. The summed E-state index contributed by atoms with van der Waals surface area (Å²) in [5.41, 5.74) is 0. The number of likely N-dealkylation sites (N-methyl/N-ethyl adjacent to an activating group) is 1. The quantitative estimate of drug-likeness (QED) is 0.612. The van der Waals surface area contributed by atoms with Crippen molar-refractivity contribution in [2.45, 2.75) is 33.8 Å². The first-order valence-electron chi connectivity index (χ1n) is 4.48. The van der Waals surface area contributed by atoms with Crippen LogP contribution in [0.1, 0.15) is 27.7 Å². The third-order valence-corrected chi connectivity index (χ3v) is 1.77. The summed E-state index contributed by atoms with van der Waals surface area (Å²) in [5.74, 6) is -0.562. The average Bonchev–Trinajstić information content (AvgIpc) is 2.05. The van der Waals surface area contributed by atoms with Crippen molar-refractivity contribution < 1.29 is 14.3 Å². The highest BCUT2D eigenvalue weighted by Crippen LogP contribution is 1.99. The Morgan fingerprint density at radius 1 is 1.31 bits per heavy atom. The van der Waals surface area contributed by atoms with Crippen molar-refractivity contribution in [3.63, 3.8) is 0 Å². The number of rotatable bonds is 4. The van der Waals surface area contributed by atoms with Gasteiger partial charge in [0, 0.05) is 20.0 Å². The predicted octanol–water partition coefficient (Wildman–Crippen LogP) is 0.806. The van der Waals surface area contributed by atoms with Crippen molar-refractivity contribution in [1.82, 2.24) is 4.90 Å². The molecular weight excluding hydrogens is 170 g/mol. The van der Waals surface area contributed by atoms with Crippen molar-refractivity contribution in [3.05, 3.63) is 0 Å². The summed E-state index contributed by atoms with van der Waals surface area (Å²) in [6.45, 7) is 7.94. The van der Waals surface area contributed by atoms with Gasteiger partial charge < -0.3 is 9.64 Å². The second-order valence-electron chi connectivity index (χ2n) is 2.76. The van der Waals surface area contributed by atoms with Crippen LogP contribution >= 0.6 is 0 Å². The highest BCUT2D eigenvalue weighted by molar-refractivity contribution is 5.82. The molecule has 0 fully saturated rings. The Kier molecular flexibility index (Phi) is 5.11. The second kappa shape index (κ2) is 5.56. The molecule has 76 valence electrons. The smallest absolute Gasteiger partial charge is 0.303 e. The lowest BCUT2D eigenvalue weighted by Gasteiger charge is -2.22. The molecule has 1 amide bonds. The first kappa shape index (κ1) is 11.9. The molecule has 1 unspecified atom stereocenters. The van der Waals surface area contributed by atoms with E-state index in [1.165, 1.54) is 6.92 Å². The van der Waals surface area contributed by atoms with Crippen molar-refractivity contribution in [2.24, 2.45) is 0 Å². The number of nitrogens with zero attached hydrogens (tertiary/aromatic N) is 1. The van der Waals surface area contributed by atoms with Crippen LogP contribution in [-0.2, 0) is 14.3 Å². The van der Waals surface area contributed by atoms with Crippen LogP contribution in [0.2, 0.25) is 0 Å². The zero-order valence-corrected chi connectivity index (χ0v) is 8.66. The first-order valence-corrected chi connectivity index (χ1v) is 4.48. The lowest BCUT2D eigenvalue weighted by atomic mass is 10.3. The Bertz CT molecular complexity index is 187. The Morgan fingerprint density at radius 3 is 2.08 bits per heavy atom. The van der Waals surface area contributed by atoms with Crippen LogP contribution in [0.15, 0.2) is 0 Å². The van der Waals surface area contributed by atoms with Crippen molar-refractivity contribution in [2.75, 3.05) is 13.1 Å². The molecule has 0 aliphatic heterocycles. The van der Waals surface area contributed by atoms with Crippen LogP contribution in [0.3, 0.4) is 0 Å². The molecule has 0 rings (SSSR count). The third-order valence-electron chi connectivity index (χ3n) is 1.77. The Morgan fingerprint density at radius 2 is 1.77 bits per heavy atom. The molecule has 0 aromatic carbocycles. The molecule has 1 atom stereocenters. The number of hydrogen-bond acceptors (Lipinski definition) is 3. The molecule has 4 nitrogen and oxygen atoms in total. The number of amides is 1. The van der Waals surface area contributed by atoms with Crippen molar-refractivity contribution in [3.8, 4) is 0 Å². The molecular formula is C9H17NO3. The summed E-state index contributed by atoms with van der Waals surface area (Å²) in [6.07, 6.45) is -0.669. The van der Waals surface area contributed by atoms with Gasteiger partial charge in [-0.15, -0.1) is 0 Å². The SMILES string of the molecule is CCN(CC)C(=O)C(C)OC(C)=O. The molecule has 4 heteroatoms. The molecule has 0 aliphatic carbocycles. The zero-order valence-electron chi connectivity index (χ0n) is 8.66. The van der Waals surface area contributed by atoms with Crippen LogP contribution in [0.4, 0.5) is 0 Å². The van der Waals surface area contributed by atoms with Crippen LogP contribution in [0.5, 0.6) is 0 Å². The summed E-state index contributed by atoms with van der Waals surface area (Å²) < 4.78 is 4.77. The van der Waals surface area contributed by atoms with Gasteiger partial charge in [-0.1, -0.05) is 0 Å². The Hall–Kier alpha value is -1.06. The number of carbonyl (C=O) groups is 2. The monoisotopic (exact) mass is 187 g/mol. The van der Waals surface area contributed by atoms with E-state index in [0.29, 0.717) is 13.1 Å². The number of carbonyl (C=O) groups excluding carboxylic acids is 2. The second-order valence-corrected chi connectivity index (χ2v) is 2.76. The van der Waals surface area contributed by atoms with E-state index < -0.39 is 12.1 Å². The van der Waals surface area contributed by atoms with E-state index in [2.05, 4.69) is 0 Å². The predicted molar refractivity (Wildman–Crippen MR) is 49.2 cm³/mol. The van der Waals surface area contributed by atoms with E-state index in [0.717, 1.165) is 0 Å². The summed E-state index contributed by atoms with van der Waals surface area (Å²) in [6, 6.07) is 0.